The van der Waals surface area contributed by atoms with Gasteiger partial charge in [-0.1, -0.05) is 32.0 Å². The minimum absolute atomic E-state index is 0.215. The van der Waals surface area contributed by atoms with Crippen LogP contribution < -0.4 is 10.1 Å². The van der Waals surface area contributed by atoms with Gasteiger partial charge in [-0.3, -0.25) is 9.89 Å². The van der Waals surface area contributed by atoms with Crippen LogP contribution in [0.15, 0.2) is 36.5 Å². The average Bonchev–Trinajstić information content (AvgIpc) is 2.91. The number of benzene rings is 1. The zero-order valence-corrected chi connectivity index (χ0v) is 11.9. The first-order chi connectivity index (χ1) is 9.58. The second-order valence-corrected chi connectivity index (χ2v) is 4.91. The third kappa shape index (κ3) is 3.38. The summed E-state index contributed by atoms with van der Waals surface area (Å²) in [7, 11) is 0. The van der Waals surface area contributed by atoms with E-state index >= 15 is 0 Å². The monoisotopic (exact) mass is 273 g/mol. The van der Waals surface area contributed by atoms with Crippen molar-refractivity contribution in [2.24, 2.45) is 0 Å². The van der Waals surface area contributed by atoms with E-state index in [1.165, 1.54) is 0 Å². The predicted molar refractivity (Wildman–Crippen MR) is 77.8 cm³/mol. The number of para-hydroxylation sites is 1. The molecular weight excluding hydrogens is 254 g/mol. The van der Waals surface area contributed by atoms with Gasteiger partial charge < -0.3 is 10.1 Å². The van der Waals surface area contributed by atoms with Crippen LogP contribution in [0.3, 0.4) is 0 Å². The Bertz CT molecular complexity index is 564. The highest BCUT2D eigenvalue weighted by Gasteiger charge is 2.17. The summed E-state index contributed by atoms with van der Waals surface area (Å²) in [5.41, 5.74) is 1.09. The molecule has 5 heteroatoms. The molecule has 5 nitrogen and oxygen atoms in total. The number of ether oxygens (including phenoxy) is 1. The third-order valence-corrected chi connectivity index (χ3v) is 2.97. The fraction of sp³-hybridized carbons (Fsp3) is 0.333. The molecule has 20 heavy (non-hydrogen) atoms. The number of carbonyl (C=O) groups is 1. The molecule has 1 heterocycles. The van der Waals surface area contributed by atoms with Crippen molar-refractivity contribution in [3.8, 4) is 5.75 Å². The van der Waals surface area contributed by atoms with Crippen LogP contribution in [0, 0.1) is 0 Å². The summed E-state index contributed by atoms with van der Waals surface area (Å²) in [5, 5.41) is 9.16. The van der Waals surface area contributed by atoms with Crippen LogP contribution in [0.25, 0.3) is 0 Å². The Kier molecular flexibility index (Phi) is 4.40. The van der Waals surface area contributed by atoms with Gasteiger partial charge in [0.05, 0.1) is 6.20 Å². The number of carbonyl (C=O) groups excluding carboxylic acids is 1. The summed E-state index contributed by atoms with van der Waals surface area (Å²) in [5.74, 6) is 1.43. The van der Waals surface area contributed by atoms with E-state index in [0.717, 1.165) is 11.3 Å². The highest BCUT2D eigenvalue weighted by atomic mass is 16.5. The number of anilines is 1. The first-order valence-corrected chi connectivity index (χ1v) is 6.63. The van der Waals surface area contributed by atoms with E-state index in [2.05, 4.69) is 29.4 Å². The van der Waals surface area contributed by atoms with Gasteiger partial charge in [0.2, 0.25) is 0 Å². The van der Waals surface area contributed by atoms with E-state index in [4.69, 9.17) is 4.74 Å². The summed E-state index contributed by atoms with van der Waals surface area (Å²) in [6.45, 7) is 5.91. The molecule has 0 fully saturated rings. The van der Waals surface area contributed by atoms with Crippen molar-refractivity contribution in [1.29, 1.82) is 0 Å². The van der Waals surface area contributed by atoms with Crippen LogP contribution >= 0.6 is 0 Å². The molecule has 0 saturated carbocycles. The second kappa shape index (κ2) is 6.23. The second-order valence-electron chi connectivity index (χ2n) is 4.91. The number of hydrogen-bond acceptors (Lipinski definition) is 3. The summed E-state index contributed by atoms with van der Waals surface area (Å²) in [6.07, 6.45) is 0.994. The Morgan fingerprint density at radius 3 is 2.65 bits per heavy atom. The summed E-state index contributed by atoms with van der Waals surface area (Å²) in [6, 6.07) is 9.46. The molecule has 0 aliphatic rings. The lowest BCUT2D eigenvalue weighted by atomic mass is 10.0. The smallest absolute Gasteiger partial charge is 0.266 e. The molecule has 0 spiro atoms. The van der Waals surface area contributed by atoms with Crippen LogP contribution in [-0.2, 0) is 4.79 Å². The van der Waals surface area contributed by atoms with Crippen molar-refractivity contribution in [2.45, 2.75) is 32.8 Å². The van der Waals surface area contributed by atoms with Gasteiger partial charge in [-0.15, -0.1) is 0 Å². The molecule has 1 amide bonds. The van der Waals surface area contributed by atoms with Crippen LogP contribution in [0.4, 0.5) is 5.82 Å². The summed E-state index contributed by atoms with van der Waals surface area (Å²) in [4.78, 5) is 12.0. The third-order valence-electron chi connectivity index (χ3n) is 2.97. The predicted octanol–water partition coefficient (Wildman–Crippen LogP) is 2.94. The minimum Gasteiger partial charge on any atom is -0.481 e. The van der Waals surface area contributed by atoms with E-state index in [1.807, 2.05) is 24.3 Å². The molecule has 1 atom stereocenters. The van der Waals surface area contributed by atoms with Gasteiger partial charge in [0.25, 0.3) is 5.91 Å². The molecule has 1 aromatic carbocycles. The molecule has 2 rings (SSSR count). The lowest BCUT2D eigenvalue weighted by Gasteiger charge is -2.18. The maximum atomic E-state index is 12.0. The van der Waals surface area contributed by atoms with Crippen LogP contribution in [0.2, 0.25) is 0 Å². The first-order valence-electron chi connectivity index (χ1n) is 6.63. The molecular formula is C15H19N3O2. The molecule has 2 N–H and O–H groups in total. The highest BCUT2D eigenvalue weighted by molar-refractivity contribution is 5.93. The molecule has 0 aliphatic heterocycles. The molecule has 0 aliphatic carbocycles. The number of aromatic nitrogens is 2. The topological polar surface area (TPSA) is 67.0 Å². The van der Waals surface area contributed by atoms with E-state index in [-0.39, 0.29) is 5.91 Å². The molecule has 0 radical (unpaired) electrons. The molecule has 0 bridgehead atoms. The quantitative estimate of drug-likeness (QED) is 0.880. The van der Waals surface area contributed by atoms with Crippen molar-refractivity contribution in [3.63, 3.8) is 0 Å². The highest BCUT2D eigenvalue weighted by Crippen LogP contribution is 2.26. The van der Waals surface area contributed by atoms with Gasteiger partial charge >= 0.3 is 0 Å². The largest absolute Gasteiger partial charge is 0.481 e. The molecule has 106 valence electrons. The molecule has 0 saturated heterocycles. The van der Waals surface area contributed by atoms with Crippen LogP contribution in [-0.4, -0.2) is 22.2 Å². The lowest BCUT2D eigenvalue weighted by Crippen LogP contribution is -2.30. The Morgan fingerprint density at radius 2 is 2.00 bits per heavy atom. The number of hydrogen-bond donors (Lipinski definition) is 2. The van der Waals surface area contributed by atoms with E-state index < -0.39 is 6.10 Å². The van der Waals surface area contributed by atoms with Crippen molar-refractivity contribution in [3.05, 3.63) is 42.1 Å². The van der Waals surface area contributed by atoms with Crippen molar-refractivity contribution >= 4 is 11.7 Å². The van der Waals surface area contributed by atoms with Gasteiger partial charge in [0, 0.05) is 6.07 Å². The summed E-state index contributed by atoms with van der Waals surface area (Å²) >= 11 is 0. The normalized spacial score (nSPS) is 12.2. The number of nitrogens with zero attached hydrogens (tertiary/aromatic N) is 1. The maximum absolute atomic E-state index is 12.0. The Balaban J connectivity index is 2.04. The van der Waals surface area contributed by atoms with E-state index in [1.54, 1.807) is 19.2 Å². The van der Waals surface area contributed by atoms with E-state index in [9.17, 15) is 4.79 Å². The number of amides is 1. The lowest BCUT2D eigenvalue weighted by molar-refractivity contribution is -0.122. The van der Waals surface area contributed by atoms with Gasteiger partial charge in [0.15, 0.2) is 6.10 Å². The number of H-pyrrole nitrogens is 1. The first kappa shape index (κ1) is 14.1. The number of aromatic amines is 1. The standard InChI is InChI=1S/C15H19N3O2/c1-10(2)12-6-4-5-7-13(12)20-11(3)15(19)17-14-8-9-16-18-14/h4-11H,1-3H3,(H2,16,17,18,19). The van der Waals surface area contributed by atoms with Gasteiger partial charge in [-0.25, -0.2) is 0 Å². The van der Waals surface area contributed by atoms with Crippen LogP contribution in [0.5, 0.6) is 5.75 Å². The van der Waals surface area contributed by atoms with Crippen molar-refractivity contribution < 1.29 is 9.53 Å². The number of nitrogens with one attached hydrogen (secondary N) is 2. The Hall–Kier alpha value is -2.30. The van der Waals surface area contributed by atoms with Gasteiger partial charge in [-0.2, -0.15) is 5.10 Å². The van der Waals surface area contributed by atoms with Crippen LogP contribution in [0.1, 0.15) is 32.3 Å². The molecule has 2 aromatic rings. The molecule has 1 aromatic heterocycles. The van der Waals surface area contributed by atoms with Crippen molar-refractivity contribution in [2.75, 3.05) is 5.32 Å². The zero-order chi connectivity index (χ0) is 14.5. The molecule has 1 unspecified atom stereocenters. The maximum Gasteiger partial charge on any atom is 0.266 e. The SMILES string of the molecule is CC(Oc1ccccc1C(C)C)C(=O)Nc1ccn[nH]1. The fourth-order valence-corrected chi connectivity index (χ4v) is 1.87. The van der Waals surface area contributed by atoms with Gasteiger partial charge in [0.1, 0.15) is 11.6 Å². The average molecular weight is 273 g/mol. The fourth-order valence-electron chi connectivity index (χ4n) is 1.87. The van der Waals surface area contributed by atoms with Crippen molar-refractivity contribution in [1.82, 2.24) is 10.2 Å². The Morgan fingerprint density at radius 1 is 1.25 bits per heavy atom. The summed E-state index contributed by atoms with van der Waals surface area (Å²) < 4.78 is 5.77. The Labute approximate surface area is 118 Å². The number of rotatable bonds is 5. The van der Waals surface area contributed by atoms with Gasteiger partial charge in [-0.05, 0) is 24.5 Å². The zero-order valence-electron chi connectivity index (χ0n) is 11.9. The minimum atomic E-state index is -0.585. The van der Waals surface area contributed by atoms with E-state index in [0.29, 0.717) is 11.7 Å².